The molecule has 0 radical (unpaired) electrons. The molecule has 2 aliphatic rings. The van der Waals surface area contributed by atoms with Gasteiger partial charge in [-0.1, -0.05) is 0 Å². The van der Waals surface area contributed by atoms with Gasteiger partial charge in [-0.05, 0) is 37.9 Å². The topological polar surface area (TPSA) is 52.4 Å². The fourth-order valence-electron chi connectivity index (χ4n) is 2.84. The van der Waals surface area contributed by atoms with Gasteiger partial charge in [0.05, 0.1) is 18.3 Å². The van der Waals surface area contributed by atoms with E-state index in [0.717, 1.165) is 38.0 Å². The zero-order chi connectivity index (χ0) is 14.7. The second kappa shape index (κ2) is 6.42. The van der Waals surface area contributed by atoms with Crippen LogP contribution in [0.1, 0.15) is 18.4 Å². The van der Waals surface area contributed by atoms with E-state index in [-0.39, 0.29) is 6.10 Å². The Kier molecular flexibility index (Phi) is 4.37. The van der Waals surface area contributed by atoms with E-state index >= 15 is 0 Å². The molecule has 1 saturated carbocycles. The molecule has 5 heteroatoms. The lowest BCUT2D eigenvalue weighted by atomic mass is 10.2. The van der Waals surface area contributed by atoms with E-state index in [2.05, 4.69) is 27.9 Å². The van der Waals surface area contributed by atoms with Gasteiger partial charge in [0.15, 0.2) is 0 Å². The Morgan fingerprint density at radius 2 is 2.29 bits per heavy atom. The molecule has 3 rings (SSSR count). The first-order chi connectivity index (χ1) is 10.2. The molecule has 21 heavy (non-hydrogen) atoms. The molecule has 0 bridgehead atoms. The van der Waals surface area contributed by atoms with Crippen LogP contribution in [-0.4, -0.2) is 55.8 Å². The lowest BCUT2D eigenvalue weighted by Crippen LogP contribution is -2.47. The van der Waals surface area contributed by atoms with E-state index in [9.17, 15) is 0 Å². The number of hydrogen-bond acceptors (Lipinski definition) is 5. The summed E-state index contributed by atoms with van der Waals surface area (Å²) in [6, 6.07) is 5.85. The Bertz CT molecular complexity index is 506. The van der Waals surface area contributed by atoms with Crippen molar-refractivity contribution >= 4 is 5.82 Å². The standard InChI is InChI=1S/C16H22N4O/c1-19(10-13-2-3-13)11-15-12-20(6-7-21-15)16-5-4-14(8-17)9-18-16/h4-5,9,13,15H,2-3,6-7,10-12H2,1H3/t15-/m1/s1. The summed E-state index contributed by atoms with van der Waals surface area (Å²) in [5, 5.41) is 8.83. The second-order valence-corrected chi connectivity index (χ2v) is 6.12. The predicted octanol–water partition coefficient (Wildman–Crippen LogP) is 1.50. The summed E-state index contributed by atoms with van der Waals surface area (Å²) in [5.41, 5.74) is 0.604. The van der Waals surface area contributed by atoms with Crippen molar-refractivity contribution in [3.63, 3.8) is 0 Å². The van der Waals surface area contributed by atoms with Crippen molar-refractivity contribution in [1.29, 1.82) is 5.26 Å². The van der Waals surface area contributed by atoms with Gasteiger partial charge in [-0.2, -0.15) is 5.26 Å². The van der Waals surface area contributed by atoms with Crippen LogP contribution in [0.4, 0.5) is 5.82 Å². The molecule has 1 aromatic rings. The second-order valence-electron chi connectivity index (χ2n) is 6.12. The van der Waals surface area contributed by atoms with Crippen molar-refractivity contribution in [2.24, 2.45) is 5.92 Å². The largest absolute Gasteiger partial charge is 0.373 e. The minimum absolute atomic E-state index is 0.236. The molecule has 1 aliphatic heterocycles. The Morgan fingerprint density at radius 1 is 1.43 bits per heavy atom. The smallest absolute Gasteiger partial charge is 0.128 e. The maximum absolute atomic E-state index is 8.83. The number of nitriles is 1. The molecule has 1 aliphatic carbocycles. The van der Waals surface area contributed by atoms with Gasteiger partial charge in [0.1, 0.15) is 11.9 Å². The summed E-state index contributed by atoms with van der Waals surface area (Å²) < 4.78 is 5.88. The minimum Gasteiger partial charge on any atom is -0.373 e. The van der Waals surface area contributed by atoms with Crippen molar-refractivity contribution in [3.8, 4) is 6.07 Å². The predicted molar refractivity (Wildman–Crippen MR) is 81.1 cm³/mol. The van der Waals surface area contributed by atoms with Crippen molar-refractivity contribution in [2.75, 3.05) is 44.7 Å². The highest BCUT2D eigenvalue weighted by Crippen LogP contribution is 2.29. The maximum Gasteiger partial charge on any atom is 0.128 e. The minimum atomic E-state index is 0.236. The molecule has 2 fully saturated rings. The van der Waals surface area contributed by atoms with Crippen LogP contribution in [0.15, 0.2) is 18.3 Å². The highest BCUT2D eigenvalue weighted by Gasteiger charge is 2.26. The quantitative estimate of drug-likeness (QED) is 0.821. The van der Waals surface area contributed by atoms with Gasteiger partial charge in [0, 0.05) is 32.4 Å². The first-order valence-electron chi connectivity index (χ1n) is 7.66. The van der Waals surface area contributed by atoms with Crippen molar-refractivity contribution in [3.05, 3.63) is 23.9 Å². The van der Waals surface area contributed by atoms with E-state index in [0.29, 0.717) is 5.56 Å². The number of rotatable bonds is 5. The lowest BCUT2D eigenvalue weighted by Gasteiger charge is -2.35. The molecule has 0 amide bonds. The molecule has 1 aromatic heterocycles. The average Bonchev–Trinajstić information content (AvgIpc) is 3.31. The Morgan fingerprint density at radius 3 is 2.95 bits per heavy atom. The number of hydrogen-bond donors (Lipinski definition) is 0. The van der Waals surface area contributed by atoms with E-state index < -0.39 is 0 Å². The fraction of sp³-hybridized carbons (Fsp3) is 0.625. The molecule has 1 saturated heterocycles. The SMILES string of the molecule is CN(CC1CC1)C[C@@H]1CN(c2ccc(C#N)cn2)CCO1. The van der Waals surface area contributed by atoms with Crippen molar-refractivity contribution < 1.29 is 4.74 Å². The van der Waals surface area contributed by atoms with Gasteiger partial charge in [-0.3, -0.25) is 0 Å². The lowest BCUT2D eigenvalue weighted by molar-refractivity contribution is 0.0197. The molecule has 112 valence electrons. The van der Waals surface area contributed by atoms with Gasteiger partial charge in [0.25, 0.3) is 0 Å². The third-order valence-corrected chi connectivity index (χ3v) is 4.12. The number of ether oxygens (including phenoxy) is 1. The molecule has 0 spiro atoms. The van der Waals surface area contributed by atoms with Crippen LogP contribution in [0.25, 0.3) is 0 Å². The van der Waals surface area contributed by atoms with Crippen LogP contribution in [-0.2, 0) is 4.74 Å². The highest BCUT2D eigenvalue weighted by molar-refractivity contribution is 5.42. The van der Waals surface area contributed by atoms with Crippen LogP contribution < -0.4 is 4.90 Å². The summed E-state index contributed by atoms with van der Waals surface area (Å²) in [7, 11) is 2.18. The fourth-order valence-corrected chi connectivity index (χ4v) is 2.84. The molecule has 0 unspecified atom stereocenters. The summed E-state index contributed by atoms with van der Waals surface area (Å²) in [6.07, 6.45) is 4.65. The van der Waals surface area contributed by atoms with E-state index in [1.54, 1.807) is 6.20 Å². The maximum atomic E-state index is 8.83. The summed E-state index contributed by atoms with van der Waals surface area (Å²) in [6.45, 7) is 4.64. The van der Waals surface area contributed by atoms with Crippen LogP contribution in [0.3, 0.4) is 0 Å². The van der Waals surface area contributed by atoms with Crippen molar-refractivity contribution in [2.45, 2.75) is 18.9 Å². The number of pyridine rings is 1. The van der Waals surface area contributed by atoms with Crippen LogP contribution in [0, 0.1) is 17.2 Å². The first-order valence-corrected chi connectivity index (χ1v) is 7.66. The normalized spacial score (nSPS) is 22.3. The van der Waals surface area contributed by atoms with Crippen LogP contribution in [0.2, 0.25) is 0 Å². The Labute approximate surface area is 126 Å². The van der Waals surface area contributed by atoms with Gasteiger partial charge >= 0.3 is 0 Å². The van der Waals surface area contributed by atoms with E-state index in [4.69, 9.17) is 10.00 Å². The van der Waals surface area contributed by atoms with Gasteiger partial charge in [-0.25, -0.2) is 4.98 Å². The molecular weight excluding hydrogens is 264 g/mol. The third-order valence-electron chi connectivity index (χ3n) is 4.12. The molecule has 5 nitrogen and oxygen atoms in total. The van der Waals surface area contributed by atoms with Crippen LogP contribution in [0.5, 0.6) is 0 Å². The van der Waals surface area contributed by atoms with E-state index in [1.807, 2.05) is 12.1 Å². The average molecular weight is 286 g/mol. The third kappa shape index (κ3) is 3.93. The van der Waals surface area contributed by atoms with Gasteiger partial charge < -0.3 is 14.5 Å². The number of morpholine rings is 1. The molecule has 0 N–H and O–H groups in total. The monoisotopic (exact) mass is 286 g/mol. The van der Waals surface area contributed by atoms with Gasteiger partial charge in [0.2, 0.25) is 0 Å². The molecule has 0 aromatic carbocycles. The first kappa shape index (κ1) is 14.3. The van der Waals surface area contributed by atoms with Crippen LogP contribution >= 0.6 is 0 Å². The number of likely N-dealkylation sites (N-methyl/N-ethyl adjacent to an activating group) is 1. The molecular formula is C16H22N4O. The van der Waals surface area contributed by atoms with Crippen molar-refractivity contribution in [1.82, 2.24) is 9.88 Å². The zero-order valence-corrected chi connectivity index (χ0v) is 12.5. The summed E-state index contributed by atoms with van der Waals surface area (Å²) in [5.74, 6) is 1.85. The Balaban J connectivity index is 1.55. The Hall–Kier alpha value is -1.64. The molecule has 1 atom stereocenters. The number of anilines is 1. The number of nitrogens with zero attached hydrogens (tertiary/aromatic N) is 4. The van der Waals surface area contributed by atoms with E-state index in [1.165, 1.54) is 19.4 Å². The molecule has 2 heterocycles. The van der Waals surface area contributed by atoms with Gasteiger partial charge in [-0.15, -0.1) is 0 Å². The highest BCUT2D eigenvalue weighted by atomic mass is 16.5. The number of aromatic nitrogens is 1. The summed E-state index contributed by atoms with van der Waals surface area (Å²) in [4.78, 5) is 9.02. The summed E-state index contributed by atoms with van der Waals surface area (Å²) >= 11 is 0. The zero-order valence-electron chi connectivity index (χ0n) is 12.5.